The maximum Gasteiger partial charge on any atom is 0.341 e. The van der Waals surface area contributed by atoms with E-state index in [9.17, 15) is 18.0 Å². The number of carbonyl (C=O) groups is 2. The number of esters is 2. The molecule has 2 heterocycles. The maximum atomic E-state index is 14.8. The summed E-state index contributed by atoms with van der Waals surface area (Å²) in [6.45, 7) is 1.97. The van der Waals surface area contributed by atoms with E-state index in [1.807, 2.05) is 37.3 Å². The molecule has 2 atom stereocenters. The summed E-state index contributed by atoms with van der Waals surface area (Å²) in [5.41, 5.74) is -0.367. The van der Waals surface area contributed by atoms with Gasteiger partial charge in [0.25, 0.3) is 5.54 Å². The number of benzene rings is 3. The van der Waals surface area contributed by atoms with Crippen molar-refractivity contribution in [3.63, 3.8) is 0 Å². The van der Waals surface area contributed by atoms with Crippen molar-refractivity contribution in [1.82, 2.24) is 9.21 Å². The summed E-state index contributed by atoms with van der Waals surface area (Å²) in [6.07, 6.45) is 0.235. The molecule has 5 rings (SSSR count). The molecule has 0 spiro atoms. The van der Waals surface area contributed by atoms with Crippen LogP contribution in [0.15, 0.2) is 111 Å². The fraction of sp³-hybridized carbons (Fsp3) is 0.226. The number of sulfonamides is 1. The zero-order chi connectivity index (χ0) is 30.1. The molecular weight excluding hydrogens is 624 g/mol. The Hall–Kier alpha value is -3.77. The van der Waals surface area contributed by atoms with E-state index in [-0.39, 0.29) is 17.2 Å². The minimum Gasteiger partial charge on any atom is -0.468 e. The molecule has 42 heavy (non-hydrogen) atoms. The summed E-state index contributed by atoms with van der Waals surface area (Å²) >= 11 is 3.45. The Kier molecular flexibility index (Phi) is 8.38. The number of hydrogen-bond acceptors (Lipinski definition) is 8. The van der Waals surface area contributed by atoms with Gasteiger partial charge in [-0.25, -0.2) is 18.0 Å². The van der Waals surface area contributed by atoms with E-state index in [4.69, 9.17) is 13.9 Å². The molecule has 1 aliphatic heterocycles. The van der Waals surface area contributed by atoms with Crippen LogP contribution in [0.2, 0.25) is 0 Å². The highest BCUT2D eigenvalue weighted by molar-refractivity contribution is 9.10. The van der Waals surface area contributed by atoms with Crippen LogP contribution in [0.1, 0.15) is 34.7 Å². The van der Waals surface area contributed by atoms with Crippen LogP contribution in [-0.2, 0) is 35.6 Å². The molecule has 3 aromatic carbocycles. The van der Waals surface area contributed by atoms with Crippen LogP contribution in [0.4, 0.5) is 0 Å². The smallest absolute Gasteiger partial charge is 0.341 e. The van der Waals surface area contributed by atoms with Gasteiger partial charge in [-0.05, 0) is 54.4 Å². The van der Waals surface area contributed by atoms with Crippen molar-refractivity contribution in [1.29, 1.82) is 0 Å². The lowest BCUT2D eigenvalue weighted by atomic mass is 9.88. The third-order valence-corrected chi connectivity index (χ3v) is 9.77. The van der Waals surface area contributed by atoms with Crippen LogP contribution in [0.5, 0.6) is 0 Å². The summed E-state index contributed by atoms with van der Waals surface area (Å²) in [7, 11) is -2.38. The van der Waals surface area contributed by atoms with E-state index in [1.165, 1.54) is 18.4 Å². The molecule has 0 N–H and O–H groups in total. The van der Waals surface area contributed by atoms with E-state index in [1.54, 1.807) is 53.4 Å². The second-order valence-corrected chi connectivity index (χ2v) is 12.6. The van der Waals surface area contributed by atoms with Gasteiger partial charge < -0.3 is 13.9 Å². The lowest BCUT2D eigenvalue weighted by Crippen LogP contribution is -2.62. The first-order chi connectivity index (χ1) is 20.2. The third kappa shape index (κ3) is 4.96. The molecule has 9 nitrogen and oxygen atoms in total. The molecule has 11 heteroatoms. The maximum absolute atomic E-state index is 14.8. The number of aryl methyl sites for hydroxylation is 1. The molecule has 1 saturated heterocycles. The van der Waals surface area contributed by atoms with Crippen LogP contribution in [-0.4, -0.2) is 49.3 Å². The molecule has 0 unspecified atom stereocenters. The number of ether oxygens (including phenoxy) is 2. The normalized spacial score (nSPS) is 19.0. The fourth-order valence-electron chi connectivity index (χ4n) is 5.52. The van der Waals surface area contributed by atoms with Crippen molar-refractivity contribution < 1.29 is 31.9 Å². The SMILES string of the molecule is COC(=O)C1(C(=O)OC)[C@@H](c2ccco2)N(Cc2ccccc2)[C@H](c2ccc(Br)cc2)N1S(=O)(=O)c1ccc(C)cc1. The van der Waals surface area contributed by atoms with Gasteiger partial charge in [-0.15, -0.1) is 4.31 Å². The van der Waals surface area contributed by atoms with E-state index in [0.29, 0.717) is 5.56 Å². The molecule has 0 bridgehead atoms. The fourth-order valence-corrected chi connectivity index (χ4v) is 7.63. The van der Waals surface area contributed by atoms with Gasteiger partial charge in [0.15, 0.2) is 0 Å². The molecule has 1 aliphatic rings. The van der Waals surface area contributed by atoms with Gasteiger partial charge in [-0.1, -0.05) is 76.1 Å². The van der Waals surface area contributed by atoms with E-state index in [0.717, 1.165) is 34.1 Å². The average molecular weight is 654 g/mol. The first-order valence-electron chi connectivity index (χ1n) is 13.0. The minimum absolute atomic E-state index is 0.104. The van der Waals surface area contributed by atoms with Crippen molar-refractivity contribution in [3.8, 4) is 0 Å². The second-order valence-electron chi connectivity index (χ2n) is 9.86. The average Bonchev–Trinajstić information content (AvgIpc) is 3.63. The Bertz CT molecular complexity index is 1640. The van der Waals surface area contributed by atoms with Crippen molar-refractivity contribution in [2.45, 2.75) is 36.1 Å². The quantitative estimate of drug-likeness (QED) is 0.184. The zero-order valence-electron chi connectivity index (χ0n) is 23.1. The molecule has 0 amide bonds. The highest BCUT2D eigenvalue weighted by atomic mass is 79.9. The standard InChI is InChI=1S/C31H29BrN2O7S/c1-21-11-17-25(18-12-21)42(37,38)34-28(23-13-15-24(32)16-14-23)33(20-22-8-5-4-6-9-22)27(26-10-7-19-41-26)31(34,29(35)39-2)30(36)40-3/h4-19,27-28H,20H2,1-3H3/t27-,28+/m1/s1. The minimum atomic E-state index is -4.59. The number of halogens is 1. The summed E-state index contributed by atoms with van der Waals surface area (Å²) in [5.74, 6) is -2.03. The van der Waals surface area contributed by atoms with Gasteiger partial charge in [-0.3, -0.25) is 4.90 Å². The number of nitrogens with zero attached hydrogens (tertiary/aromatic N) is 2. The molecule has 4 aromatic rings. The van der Waals surface area contributed by atoms with Crippen LogP contribution in [0, 0.1) is 6.92 Å². The van der Waals surface area contributed by atoms with E-state index < -0.39 is 39.7 Å². The molecule has 0 saturated carbocycles. The summed E-state index contributed by atoms with van der Waals surface area (Å²) < 4.78 is 47.6. The van der Waals surface area contributed by atoms with Gasteiger partial charge in [0.1, 0.15) is 18.0 Å². The largest absolute Gasteiger partial charge is 0.468 e. The zero-order valence-corrected chi connectivity index (χ0v) is 25.5. The molecule has 0 aliphatic carbocycles. The highest BCUT2D eigenvalue weighted by Gasteiger charge is 2.73. The number of carbonyl (C=O) groups excluding carboxylic acids is 2. The number of methoxy groups -OCH3 is 2. The van der Waals surface area contributed by atoms with Crippen LogP contribution >= 0.6 is 15.9 Å². The Morgan fingerprint density at radius 2 is 1.50 bits per heavy atom. The van der Waals surface area contributed by atoms with Gasteiger partial charge in [0.05, 0.1) is 25.4 Å². The predicted molar refractivity (Wildman–Crippen MR) is 157 cm³/mol. The number of furan rings is 1. The molecular formula is C31H29BrN2O7S. The Morgan fingerprint density at radius 1 is 0.881 bits per heavy atom. The first-order valence-corrected chi connectivity index (χ1v) is 15.3. The van der Waals surface area contributed by atoms with Gasteiger partial charge in [0.2, 0.25) is 10.0 Å². The first kappa shape index (κ1) is 29.7. The van der Waals surface area contributed by atoms with Crippen LogP contribution in [0.25, 0.3) is 0 Å². The molecule has 1 aromatic heterocycles. The van der Waals surface area contributed by atoms with Gasteiger partial charge >= 0.3 is 11.9 Å². The van der Waals surface area contributed by atoms with E-state index in [2.05, 4.69) is 15.9 Å². The topological polar surface area (TPSA) is 106 Å². The van der Waals surface area contributed by atoms with Crippen molar-refractivity contribution in [2.24, 2.45) is 0 Å². The lowest BCUT2D eigenvalue weighted by molar-refractivity contribution is -0.169. The van der Waals surface area contributed by atoms with Crippen LogP contribution in [0.3, 0.4) is 0 Å². The van der Waals surface area contributed by atoms with Crippen molar-refractivity contribution in [2.75, 3.05) is 14.2 Å². The monoisotopic (exact) mass is 652 g/mol. The summed E-state index contributed by atoms with van der Waals surface area (Å²) in [5, 5.41) is 0. The van der Waals surface area contributed by atoms with E-state index >= 15 is 0 Å². The van der Waals surface area contributed by atoms with Crippen LogP contribution < -0.4 is 0 Å². The second kappa shape index (κ2) is 11.8. The Morgan fingerprint density at radius 3 is 2.05 bits per heavy atom. The van der Waals surface area contributed by atoms with Crippen molar-refractivity contribution in [3.05, 3.63) is 124 Å². The third-order valence-electron chi connectivity index (χ3n) is 7.37. The highest BCUT2D eigenvalue weighted by Crippen LogP contribution is 2.55. The van der Waals surface area contributed by atoms with Gasteiger partial charge in [-0.2, -0.15) is 0 Å². The summed E-state index contributed by atoms with van der Waals surface area (Å²) in [6, 6.07) is 24.5. The van der Waals surface area contributed by atoms with Crippen molar-refractivity contribution >= 4 is 37.9 Å². The summed E-state index contributed by atoms with van der Waals surface area (Å²) in [4.78, 5) is 29.9. The van der Waals surface area contributed by atoms with Gasteiger partial charge in [0, 0.05) is 11.0 Å². The Labute approximate surface area is 252 Å². The molecule has 218 valence electrons. The molecule has 1 fully saturated rings. The number of hydrogen-bond donors (Lipinski definition) is 0. The predicted octanol–water partition coefficient (Wildman–Crippen LogP) is 5.38. The number of rotatable bonds is 8. The Balaban J connectivity index is 1.91. The molecule has 0 radical (unpaired) electrons. The lowest BCUT2D eigenvalue weighted by Gasteiger charge is -2.36.